The molecule has 3 heterocycles. The smallest absolute Gasteiger partial charge is 0.212 e. The van der Waals surface area contributed by atoms with Crippen molar-refractivity contribution in [1.82, 2.24) is 15.2 Å². The molecule has 5 N–H and O–H groups in total. The molecule has 0 saturated carbocycles. The Morgan fingerprint density at radius 2 is 2.00 bits per heavy atom. The second-order valence-electron chi connectivity index (χ2n) is 6.06. The Bertz CT molecular complexity index is 614. The molecule has 0 spiro atoms. The van der Waals surface area contributed by atoms with E-state index in [1.807, 2.05) is 19.1 Å². The number of hydrogen-bond acceptors (Lipinski definition) is 7. The minimum atomic E-state index is -1.05. The third-order valence-electron chi connectivity index (χ3n) is 4.54. The maximum absolute atomic E-state index is 6.31. The average Bonchev–Trinajstić information content (AvgIpc) is 2.59. The van der Waals surface area contributed by atoms with Gasteiger partial charge in [0.25, 0.3) is 0 Å². The Labute approximate surface area is 137 Å². The average molecular weight is 315 g/mol. The Hall–Kier alpha value is -2.12. The quantitative estimate of drug-likeness (QED) is 0.735. The van der Waals surface area contributed by atoms with Gasteiger partial charge in [0.05, 0.1) is 0 Å². The predicted molar refractivity (Wildman–Crippen MR) is 92.9 cm³/mol. The summed E-state index contributed by atoms with van der Waals surface area (Å²) in [4.78, 5) is 13.7. The van der Waals surface area contributed by atoms with Crippen LogP contribution in [0.15, 0.2) is 35.1 Å². The van der Waals surface area contributed by atoms with Crippen LogP contribution in [0.25, 0.3) is 0 Å². The van der Waals surface area contributed by atoms with Crippen molar-refractivity contribution >= 4 is 11.7 Å². The van der Waals surface area contributed by atoms with Crippen LogP contribution < -0.4 is 21.7 Å². The number of likely N-dealkylation sites (N-methyl/N-ethyl adjacent to an activating group) is 1. The summed E-state index contributed by atoms with van der Waals surface area (Å²) in [5, 5.41) is 3.09. The van der Waals surface area contributed by atoms with Crippen molar-refractivity contribution < 1.29 is 0 Å². The molecule has 0 aromatic carbocycles. The molecular formula is C16H25N7. The van der Waals surface area contributed by atoms with Crippen LogP contribution in [-0.4, -0.2) is 48.4 Å². The molecule has 2 aliphatic rings. The third kappa shape index (κ3) is 3.16. The standard InChI is InChI=1S/C16H25N7/c1-3-22-6-8-23(9-7-22)14-5-4-13(11-19-14)16(18)20-10-12(2)15(17)21-16/h4-5,10-11,20H,3,6-9,18H2,1-2H3,(H2,17,21). The van der Waals surface area contributed by atoms with Crippen LogP contribution in [0.1, 0.15) is 19.4 Å². The summed E-state index contributed by atoms with van der Waals surface area (Å²) in [6.07, 6.45) is 3.57. The lowest BCUT2D eigenvalue weighted by Crippen LogP contribution is -2.50. The summed E-state index contributed by atoms with van der Waals surface area (Å²) < 4.78 is 0. The van der Waals surface area contributed by atoms with E-state index in [0.717, 1.165) is 49.7 Å². The molecule has 3 rings (SSSR count). The monoisotopic (exact) mass is 315 g/mol. The molecule has 124 valence electrons. The first-order valence-corrected chi connectivity index (χ1v) is 8.04. The zero-order valence-electron chi connectivity index (χ0n) is 13.8. The van der Waals surface area contributed by atoms with Crippen LogP contribution in [0, 0.1) is 0 Å². The van der Waals surface area contributed by atoms with Crippen molar-refractivity contribution in [2.75, 3.05) is 37.6 Å². The Morgan fingerprint density at radius 3 is 2.57 bits per heavy atom. The first kappa shape index (κ1) is 15.8. The highest BCUT2D eigenvalue weighted by Gasteiger charge is 2.29. The number of piperazine rings is 1. The molecule has 2 aliphatic heterocycles. The molecule has 0 aliphatic carbocycles. The molecule has 7 nitrogen and oxygen atoms in total. The zero-order valence-corrected chi connectivity index (χ0v) is 13.8. The summed E-state index contributed by atoms with van der Waals surface area (Å²) in [6, 6.07) is 3.97. The lowest BCUT2D eigenvalue weighted by atomic mass is 10.1. The molecule has 1 atom stereocenters. The number of pyridine rings is 1. The molecule has 1 aromatic rings. The van der Waals surface area contributed by atoms with Gasteiger partial charge < -0.3 is 20.9 Å². The molecule has 23 heavy (non-hydrogen) atoms. The zero-order chi connectivity index (χ0) is 16.4. The van der Waals surface area contributed by atoms with Gasteiger partial charge in [-0.2, -0.15) is 0 Å². The van der Waals surface area contributed by atoms with E-state index >= 15 is 0 Å². The minimum absolute atomic E-state index is 0.450. The molecule has 1 saturated heterocycles. The highest BCUT2D eigenvalue weighted by atomic mass is 15.3. The van der Waals surface area contributed by atoms with Gasteiger partial charge in [-0.05, 0) is 25.6 Å². The van der Waals surface area contributed by atoms with E-state index in [1.165, 1.54) is 0 Å². The summed E-state index contributed by atoms with van der Waals surface area (Å²) >= 11 is 0. The second kappa shape index (κ2) is 6.17. The van der Waals surface area contributed by atoms with Gasteiger partial charge in [-0.25, -0.2) is 9.98 Å². The minimum Gasteiger partial charge on any atom is -0.384 e. The summed E-state index contributed by atoms with van der Waals surface area (Å²) in [6.45, 7) is 9.35. The van der Waals surface area contributed by atoms with Crippen LogP contribution in [0.5, 0.6) is 0 Å². The molecule has 1 fully saturated rings. The number of nitrogens with two attached hydrogens (primary N) is 2. The molecular weight excluding hydrogens is 290 g/mol. The van der Waals surface area contributed by atoms with Gasteiger partial charge in [0.1, 0.15) is 11.7 Å². The number of anilines is 1. The third-order valence-corrected chi connectivity index (χ3v) is 4.54. The van der Waals surface area contributed by atoms with Crippen molar-refractivity contribution in [3.63, 3.8) is 0 Å². The largest absolute Gasteiger partial charge is 0.384 e. The maximum atomic E-state index is 6.31. The van der Waals surface area contributed by atoms with Crippen molar-refractivity contribution in [2.24, 2.45) is 16.5 Å². The van der Waals surface area contributed by atoms with E-state index in [9.17, 15) is 0 Å². The number of aliphatic imine (C=N–C) groups is 1. The molecule has 0 bridgehead atoms. The summed E-state index contributed by atoms with van der Waals surface area (Å²) in [5.41, 5.74) is 13.9. The van der Waals surface area contributed by atoms with E-state index in [2.05, 4.69) is 32.0 Å². The molecule has 0 radical (unpaired) electrons. The lowest BCUT2D eigenvalue weighted by molar-refractivity contribution is 0.270. The van der Waals surface area contributed by atoms with Crippen molar-refractivity contribution in [2.45, 2.75) is 19.6 Å². The molecule has 7 heteroatoms. The van der Waals surface area contributed by atoms with E-state index in [-0.39, 0.29) is 0 Å². The fourth-order valence-corrected chi connectivity index (χ4v) is 2.84. The highest BCUT2D eigenvalue weighted by molar-refractivity contribution is 5.97. The van der Waals surface area contributed by atoms with Gasteiger partial charge >= 0.3 is 0 Å². The van der Waals surface area contributed by atoms with E-state index in [4.69, 9.17) is 11.5 Å². The van der Waals surface area contributed by atoms with Crippen LogP contribution in [0.4, 0.5) is 5.82 Å². The fourth-order valence-electron chi connectivity index (χ4n) is 2.84. The predicted octanol–water partition coefficient (Wildman–Crippen LogP) is 0.157. The fraction of sp³-hybridized carbons (Fsp3) is 0.500. The number of rotatable bonds is 3. The van der Waals surface area contributed by atoms with E-state index < -0.39 is 5.79 Å². The summed E-state index contributed by atoms with van der Waals surface area (Å²) in [5.74, 6) is 0.384. The van der Waals surface area contributed by atoms with Gasteiger partial charge in [0.2, 0.25) is 5.79 Å². The van der Waals surface area contributed by atoms with Crippen molar-refractivity contribution in [3.8, 4) is 0 Å². The molecule has 1 aromatic heterocycles. The maximum Gasteiger partial charge on any atom is 0.212 e. The topological polar surface area (TPSA) is 95.8 Å². The van der Waals surface area contributed by atoms with Gasteiger partial charge in [-0.1, -0.05) is 6.92 Å². The molecule has 1 unspecified atom stereocenters. The number of hydrogen-bond donors (Lipinski definition) is 3. The SMILES string of the molecule is CCN1CCN(c2ccc(C3(N)N=C(N)C(C)=CN3)cn2)CC1. The number of amidine groups is 1. The Kier molecular flexibility index (Phi) is 4.23. The number of nitrogens with one attached hydrogen (secondary N) is 1. The Balaban J connectivity index is 1.73. The van der Waals surface area contributed by atoms with Crippen LogP contribution in [-0.2, 0) is 5.79 Å². The van der Waals surface area contributed by atoms with Gasteiger partial charge in [-0.15, -0.1) is 0 Å². The first-order chi connectivity index (χ1) is 11.0. The van der Waals surface area contributed by atoms with Crippen LogP contribution in [0.3, 0.4) is 0 Å². The second-order valence-corrected chi connectivity index (χ2v) is 6.06. The van der Waals surface area contributed by atoms with Gasteiger partial charge in [0.15, 0.2) is 0 Å². The van der Waals surface area contributed by atoms with Gasteiger partial charge in [-0.3, -0.25) is 5.73 Å². The van der Waals surface area contributed by atoms with E-state index in [0.29, 0.717) is 5.84 Å². The normalized spacial score (nSPS) is 25.6. The van der Waals surface area contributed by atoms with Crippen LogP contribution >= 0.6 is 0 Å². The lowest BCUT2D eigenvalue weighted by Gasteiger charge is -2.35. The summed E-state index contributed by atoms with van der Waals surface area (Å²) in [7, 11) is 0. The van der Waals surface area contributed by atoms with E-state index in [1.54, 1.807) is 12.4 Å². The van der Waals surface area contributed by atoms with Crippen molar-refractivity contribution in [3.05, 3.63) is 35.7 Å². The first-order valence-electron chi connectivity index (χ1n) is 8.04. The van der Waals surface area contributed by atoms with Gasteiger partial charge in [0, 0.05) is 49.7 Å². The number of nitrogens with zero attached hydrogens (tertiary/aromatic N) is 4. The van der Waals surface area contributed by atoms with Crippen LogP contribution in [0.2, 0.25) is 0 Å². The van der Waals surface area contributed by atoms with Crippen molar-refractivity contribution in [1.29, 1.82) is 0 Å². The highest BCUT2D eigenvalue weighted by Crippen LogP contribution is 2.22. The molecule has 0 amide bonds. The number of aromatic nitrogens is 1. The Morgan fingerprint density at radius 1 is 1.26 bits per heavy atom.